The van der Waals surface area contributed by atoms with Gasteiger partial charge < -0.3 is 9.47 Å². The molecule has 0 aliphatic carbocycles. The van der Waals surface area contributed by atoms with Crippen LogP contribution in [-0.4, -0.2) is 41.3 Å². The average Bonchev–Trinajstić information content (AvgIpc) is 2.35. The highest BCUT2D eigenvalue weighted by atomic mass is 35.5. The molecule has 118 valence electrons. The largest absolute Gasteiger partial charge is 0.469 e. The number of halogens is 1. The van der Waals surface area contributed by atoms with Gasteiger partial charge in [-0.15, -0.1) is 0 Å². The predicted molar refractivity (Wildman–Crippen MR) is 79.1 cm³/mol. The number of methoxy groups -OCH3 is 1. The fourth-order valence-corrected chi connectivity index (χ4v) is 2.51. The lowest BCUT2D eigenvalue weighted by Crippen LogP contribution is -2.45. The molecular formula is C13H20ClN3O4. The Morgan fingerprint density at radius 2 is 1.76 bits per heavy atom. The number of hydrazone groups is 2. The fraction of sp³-hybridized carbons (Fsp3) is 0.692. The molecule has 1 atom stereocenters. The number of amides is 1. The van der Waals surface area contributed by atoms with Gasteiger partial charge in [0.25, 0.3) is 0 Å². The van der Waals surface area contributed by atoms with E-state index in [1.54, 1.807) is 27.7 Å². The van der Waals surface area contributed by atoms with Crippen LogP contribution in [0, 0.1) is 11.3 Å². The molecule has 1 aliphatic rings. The number of carbonyl (C=O) groups is 2. The smallest absolute Gasteiger partial charge is 0.453 e. The van der Waals surface area contributed by atoms with Gasteiger partial charge in [0.2, 0.25) is 0 Å². The van der Waals surface area contributed by atoms with E-state index in [1.807, 2.05) is 0 Å². The van der Waals surface area contributed by atoms with E-state index >= 15 is 0 Å². The topological polar surface area (TPSA) is 80.6 Å². The molecule has 1 unspecified atom stereocenters. The van der Waals surface area contributed by atoms with Gasteiger partial charge in [-0.1, -0.05) is 16.7 Å². The van der Waals surface area contributed by atoms with E-state index in [0.717, 1.165) is 5.12 Å². The van der Waals surface area contributed by atoms with Gasteiger partial charge >= 0.3 is 12.1 Å². The van der Waals surface area contributed by atoms with Crippen molar-refractivity contribution >= 4 is 35.1 Å². The molecule has 7 nitrogen and oxygen atoms in total. The lowest BCUT2D eigenvalue weighted by Gasteiger charge is -2.34. The molecule has 8 heteroatoms. The van der Waals surface area contributed by atoms with E-state index in [0.29, 0.717) is 11.4 Å². The summed E-state index contributed by atoms with van der Waals surface area (Å²) in [5.74, 6) is -0.732. The molecule has 0 spiro atoms. The van der Waals surface area contributed by atoms with Crippen LogP contribution in [0.25, 0.3) is 0 Å². The van der Waals surface area contributed by atoms with Crippen molar-refractivity contribution < 1.29 is 19.1 Å². The lowest BCUT2D eigenvalue weighted by atomic mass is 9.74. The Bertz CT molecular complexity index is 480. The number of alkyl halides is 1. The molecule has 0 saturated carbocycles. The molecule has 0 saturated heterocycles. The molecule has 0 aromatic rings. The molecule has 0 aromatic heterocycles. The highest BCUT2D eigenvalue weighted by Crippen LogP contribution is 2.33. The summed E-state index contributed by atoms with van der Waals surface area (Å²) in [5, 5.41) is 8.98. The maximum absolute atomic E-state index is 11.9. The highest BCUT2D eigenvalue weighted by Gasteiger charge is 2.43. The number of carbonyl (C=O) groups excluding carboxylic acids is 2. The summed E-state index contributed by atoms with van der Waals surface area (Å²) >= 11 is 5.60. The first-order valence-corrected chi connectivity index (χ1v) is 6.88. The van der Waals surface area contributed by atoms with Crippen molar-refractivity contribution in [3.63, 3.8) is 0 Å². The van der Waals surface area contributed by atoms with Crippen LogP contribution in [0.4, 0.5) is 4.79 Å². The molecule has 1 heterocycles. The monoisotopic (exact) mass is 317 g/mol. The molecule has 1 rings (SSSR count). The number of rotatable bonds is 3. The zero-order chi connectivity index (χ0) is 16.4. The van der Waals surface area contributed by atoms with E-state index < -0.39 is 17.1 Å². The van der Waals surface area contributed by atoms with Crippen molar-refractivity contribution in [2.24, 2.45) is 21.5 Å². The minimum atomic E-state index is -0.842. The highest BCUT2D eigenvalue weighted by molar-refractivity contribution is 6.20. The van der Waals surface area contributed by atoms with Crippen LogP contribution in [0.2, 0.25) is 0 Å². The number of nitrogens with zero attached hydrogens (tertiary/aromatic N) is 3. The Kier molecular flexibility index (Phi) is 5.33. The zero-order valence-electron chi connectivity index (χ0n) is 13.0. The normalized spacial score (nSPS) is 17.8. The summed E-state index contributed by atoms with van der Waals surface area (Å²) in [6, 6.07) is 0. The summed E-state index contributed by atoms with van der Waals surface area (Å²) in [6.07, 6.45) is -0.773. The Morgan fingerprint density at radius 3 is 2.14 bits per heavy atom. The molecule has 1 amide bonds. The fourth-order valence-electron chi connectivity index (χ4n) is 2.43. The lowest BCUT2D eigenvalue weighted by molar-refractivity contribution is -0.151. The summed E-state index contributed by atoms with van der Waals surface area (Å²) < 4.78 is 9.64. The molecule has 0 radical (unpaired) electrons. The van der Waals surface area contributed by atoms with Gasteiger partial charge in [0.05, 0.1) is 18.4 Å². The summed E-state index contributed by atoms with van der Waals surface area (Å²) in [7, 11) is 1.33. The van der Waals surface area contributed by atoms with Crippen molar-refractivity contribution in [2.45, 2.75) is 40.2 Å². The second-order valence-electron chi connectivity index (χ2n) is 5.35. The van der Waals surface area contributed by atoms with Gasteiger partial charge in [-0.05, 0) is 34.6 Å². The molecule has 0 aromatic carbocycles. The number of ether oxygens (including phenoxy) is 2. The van der Waals surface area contributed by atoms with Gasteiger partial charge in [0, 0.05) is 11.4 Å². The van der Waals surface area contributed by atoms with Crippen LogP contribution in [0.1, 0.15) is 34.6 Å². The van der Waals surface area contributed by atoms with Gasteiger partial charge in [-0.3, -0.25) is 4.79 Å². The van der Waals surface area contributed by atoms with Crippen molar-refractivity contribution in [1.82, 2.24) is 5.12 Å². The van der Waals surface area contributed by atoms with E-state index in [4.69, 9.17) is 21.1 Å². The first kappa shape index (κ1) is 17.4. The van der Waals surface area contributed by atoms with E-state index in [1.165, 1.54) is 14.0 Å². The summed E-state index contributed by atoms with van der Waals surface area (Å²) in [4.78, 5) is 23.7. The predicted octanol–water partition coefficient (Wildman–Crippen LogP) is 2.59. The molecule has 0 fully saturated rings. The number of hydrogen-bond donors (Lipinski definition) is 0. The van der Waals surface area contributed by atoms with E-state index in [9.17, 15) is 9.59 Å². The van der Waals surface area contributed by atoms with Crippen molar-refractivity contribution in [3.8, 4) is 0 Å². The van der Waals surface area contributed by atoms with Crippen LogP contribution < -0.4 is 0 Å². The molecule has 21 heavy (non-hydrogen) atoms. The summed E-state index contributed by atoms with van der Waals surface area (Å²) in [5.41, 5.74) is -0.493. The van der Waals surface area contributed by atoms with Crippen LogP contribution in [0.15, 0.2) is 10.2 Å². The SMILES string of the molecule is COC(=O)C(C)(C)C1C(C)=NN(C(=O)OC(C)Cl)N=C1C. The van der Waals surface area contributed by atoms with Gasteiger partial charge in [0.15, 0.2) is 5.56 Å². The minimum absolute atomic E-state index is 0.359. The third kappa shape index (κ3) is 3.72. The zero-order valence-corrected chi connectivity index (χ0v) is 13.8. The number of esters is 1. The maximum Gasteiger partial charge on any atom is 0.453 e. The quantitative estimate of drug-likeness (QED) is 0.592. The molecule has 0 N–H and O–H groups in total. The third-order valence-electron chi connectivity index (χ3n) is 3.20. The molecule has 0 bridgehead atoms. The average molecular weight is 318 g/mol. The second-order valence-corrected chi connectivity index (χ2v) is 5.96. The summed E-state index contributed by atoms with van der Waals surface area (Å²) in [6.45, 7) is 8.45. The van der Waals surface area contributed by atoms with E-state index in [2.05, 4.69) is 10.2 Å². The maximum atomic E-state index is 11.9. The minimum Gasteiger partial charge on any atom is -0.469 e. The molecular weight excluding hydrogens is 298 g/mol. The van der Waals surface area contributed by atoms with E-state index in [-0.39, 0.29) is 11.9 Å². The van der Waals surface area contributed by atoms with Crippen LogP contribution in [-0.2, 0) is 14.3 Å². The second kappa shape index (κ2) is 6.43. The van der Waals surface area contributed by atoms with Gasteiger partial charge in [-0.2, -0.15) is 10.2 Å². The van der Waals surface area contributed by atoms with Crippen LogP contribution >= 0.6 is 11.6 Å². The van der Waals surface area contributed by atoms with Crippen LogP contribution in [0.5, 0.6) is 0 Å². The third-order valence-corrected chi connectivity index (χ3v) is 3.29. The first-order valence-electron chi connectivity index (χ1n) is 6.44. The Hall–Kier alpha value is -1.63. The van der Waals surface area contributed by atoms with Crippen molar-refractivity contribution in [1.29, 1.82) is 0 Å². The van der Waals surface area contributed by atoms with Crippen molar-refractivity contribution in [3.05, 3.63) is 0 Å². The van der Waals surface area contributed by atoms with Crippen molar-refractivity contribution in [2.75, 3.05) is 7.11 Å². The Balaban J connectivity index is 3.04. The standard InChI is InChI=1S/C13H20ClN3O4/c1-7-10(13(4,5)11(18)20-6)8(2)16-17(15-7)12(19)21-9(3)14/h9-10H,1-6H3. The number of hydrogen-bond acceptors (Lipinski definition) is 6. The Morgan fingerprint density at radius 1 is 1.29 bits per heavy atom. The van der Waals surface area contributed by atoms with Crippen LogP contribution in [0.3, 0.4) is 0 Å². The Labute approximate surface area is 128 Å². The van der Waals surface area contributed by atoms with Gasteiger partial charge in [0.1, 0.15) is 0 Å². The van der Waals surface area contributed by atoms with Gasteiger partial charge in [-0.25, -0.2) is 4.79 Å². The first-order chi connectivity index (χ1) is 9.61. The molecule has 1 aliphatic heterocycles.